The minimum absolute atomic E-state index is 0.0739. The molecule has 0 saturated heterocycles. The summed E-state index contributed by atoms with van der Waals surface area (Å²) in [7, 11) is -1.56. The maximum absolute atomic E-state index is 13.9. The van der Waals surface area contributed by atoms with E-state index in [2.05, 4.69) is 5.32 Å². The quantitative estimate of drug-likeness (QED) is 0.365. The van der Waals surface area contributed by atoms with Crippen LogP contribution in [-0.4, -0.2) is 58.5 Å². The van der Waals surface area contributed by atoms with Gasteiger partial charge in [0.25, 0.3) is 10.0 Å². The fraction of sp³-hybridized carbons (Fsp3) is 0.286. The van der Waals surface area contributed by atoms with E-state index >= 15 is 0 Å². The zero-order chi connectivity index (χ0) is 28.6. The van der Waals surface area contributed by atoms with Crippen LogP contribution in [0.15, 0.2) is 77.7 Å². The number of nitrogens with zero attached hydrogens (tertiary/aromatic N) is 2. The molecule has 0 aromatic heterocycles. The number of halogens is 1. The summed E-state index contributed by atoms with van der Waals surface area (Å²) < 4.78 is 52.9. The van der Waals surface area contributed by atoms with Gasteiger partial charge in [0.15, 0.2) is 11.5 Å². The minimum atomic E-state index is -4.35. The van der Waals surface area contributed by atoms with Crippen LogP contribution in [0.5, 0.6) is 11.5 Å². The lowest BCUT2D eigenvalue weighted by atomic mass is 10.1. The number of ether oxygens (including phenoxy) is 2. The number of methoxy groups -OCH3 is 2. The predicted molar refractivity (Wildman–Crippen MR) is 146 cm³/mol. The van der Waals surface area contributed by atoms with E-state index in [9.17, 15) is 22.4 Å². The maximum Gasteiger partial charge on any atom is 0.264 e. The Bertz CT molecular complexity index is 1380. The molecule has 1 N–H and O–H groups in total. The van der Waals surface area contributed by atoms with Gasteiger partial charge in [0.1, 0.15) is 18.4 Å². The van der Waals surface area contributed by atoms with Gasteiger partial charge in [-0.2, -0.15) is 0 Å². The minimum Gasteiger partial charge on any atom is -0.493 e. The molecule has 0 fully saturated rings. The Morgan fingerprint density at radius 1 is 0.949 bits per heavy atom. The van der Waals surface area contributed by atoms with Gasteiger partial charge in [0.05, 0.1) is 24.8 Å². The van der Waals surface area contributed by atoms with Gasteiger partial charge in [0.2, 0.25) is 11.8 Å². The van der Waals surface area contributed by atoms with Crippen molar-refractivity contribution in [1.82, 2.24) is 10.2 Å². The summed E-state index contributed by atoms with van der Waals surface area (Å²) >= 11 is 0. The molecule has 208 valence electrons. The van der Waals surface area contributed by atoms with Gasteiger partial charge in [-0.05, 0) is 55.8 Å². The molecule has 2 amide bonds. The number of rotatable bonds is 12. The van der Waals surface area contributed by atoms with Crippen LogP contribution < -0.4 is 19.1 Å². The Kier molecular flexibility index (Phi) is 9.89. The van der Waals surface area contributed by atoms with Crippen molar-refractivity contribution >= 4 is 27.5 Å². The lowest BCUT2D eigenvalue weighted by Gasteiger charge is -2.32. The van der Waals surface area contributed by atoms with Crippen molar-refractivity contribution < 1.29 is 31.9 Å². The van der Waals surface area contributed by atoms with Crippen molar-refractivity contribution in [2.75, 3.05) is 31.6 Å². The molecule has 11 heteroatoms. The third-order valence-corrected chi connectivity index (χ3v) is 7.82. The Morgan fingerprint density at radius 2 is 1.59 bits per heavy atom. The Labute approximate surface area is 228 Å². The molecule has 3 aromatic rings. The first-order valence-corrected chi connectivity index (χ1v) is 13.7. The number of sulfonamides is 1. The van der Waals surface area contributed by atoms with E-state index in [1.54, 1.807) is 26.0 Å². The Morgan fingerprint density at radius 3 is 2.18 bits per heavy atom. The monoisotopic (exact) mass is 557 g/mol. The molecule has 0 aliphatic rings. The normalized spacial score (nSPS) is 11.8. The number of amides is 2. The van der Waals surface area contributed by atoms with Crippen LogP contribution in [0.25, 0.3) is 0 Å². The zero-order valence-corrected chi connectivity index (χ0v) is 23.1. The molecule has 9 nitrogen and oxygen atoms in total. The fourth-order valence-corrected chi connectivity index (χ4v) is 5.36. The van der Waals surface area contributed by atoms with Crippen LogP contribution in [0.1, 0.15) is 19.4 Å². The van der Waals surface area contributed by atoms with E-state index in [4.69, 9.17) is 9.47 Å². The average molecular weight is 558 g/mol. The maximum atomic E-state index is 13.9. The van der Waals surface area contributed by atoms with E-state index in [0.717, 1.165) is 22.0 Å². The smallest absolute Gasteiger partial charge is 0.264 e. The van der Waals surface area contributed by atoms with Crippen molar-refractivity contribution in [1.29, 1.82) is 0 Å². The number of nitrogens with one attached hydrogen (secondary N) is 1. The summed E-state index contributed by atoms with van der Waals surface area (Å²) in [5.41, 5.74) is 0.836. The molecular formula is C28H32FN3O6S. The molecule has 39 heavy (non-hydrogen) atoms. The van der Waals surface area contributed by atoms with Gasteiger partial charge in [-0.1, -0.05) is 30.3 Å². The lowest BCUT2D eigenvalue weighted by Crippen LogP contribution is -2.51. The molecule has 0 radical (unpaired) electrons. The largest absolute Gasteiger partial charge is 0.493 e. The van der Waals surface area contributed by atoms with Gasteiger partial charge in [-0.15, -0.1) is 0 Å². The molecule has 0 saturated carbocycles. The van der Waals surface area contributed by atoms with Crippen molar-refractivity contribution in [2.45, 2.75) is 31.3 Å². The van der Waals surface area contributed by atoms with E-state index in [1.165, 1.54) is 49.5 Å². The standard InChI is InChI=1S/C28H32FN3O6S/c1-5-30-28(34)20(2)31(18-21-9-7-6-8-10-21)27(33)19-32(23-13-11-22(29)12-14-23)39(35,36)24-15-16-25(37-3)26(17-24)38-4/h6-17,20H,5,18-19H2,1-4H3,(H,30,34)/t20-/m1/s1. The number of anilines is 1. The summed E-state index contributed by atoms with van der Waals surface area (Å²) in [6.07, 6.45) is 0. The van der Waals surface area contributed by atoms with Gasteiger partial charge in [-0.3, -0.25) is 13.9 Å². The fourth-order valence-electron chi connectivity index (χ4n) is 3.92. The number of likely N-dealkylation sites (N-methyl/N-ethyl adjacent to an activating group) is 1. The van der Waals surface area contributed by atoms with Gasteiger partial charge in [0, 0.05) is 19.2 Å². The van der Waals surface area contributed by atoms with E-state index < -0.39 is 34.3 Å². The number of carbonyl (C=O) groups is 2. The van der Waals surface area contributed by atoms with Crippen molar-refractivity contribution in [3.8, 4) is 11.5 Å². The first kappa shape index (κ1) is 29.4. The molecule has 0 spiro atoms. The van der Waals surface area contributed by atoms with Crippen LogP contribution >= 0.6 is 0 Å². The topological polar surface area (TPSA) is 105 Å². The van der Waals surface area contributed by atoms with Crippen LogP contribution in [0.2, 0.25) is 0 Å². The SMILES string of the molecule is CCNC(=O)[C@@H](C)N(Cc1ccccc1)C(=O)CN(c1ccc(F)cc1)S(=O)(=O)c1ccc(OC)c(OC)c1. The summed E-state index contributed by atoms with van der Waals surface area (Å²) in [6, 6.07) is 17.0. The second-order valence-corrected chi connectivity index (χ2v) is 10.4. The van der Waals surface area contributed by atoms with Crippen LogP contribution in [0.4, 0.5) is 10.1 Å². The molecule has 0 unspecified atom stereocenters. The molecule has 3 aromatic carbocycles. The highest BCUT2D eigenvalue weighted by Gasteiger charge is 2.33. The summed E-state index contributed by atoms with van der Waals surface area (Å²) in [5.74, 6) is -1.06. The number of hydrogen-bond acceptors (Lipinski definition) is 6. The summed E-state index contributed by atoms with van der Waals surface area (Å²) in [4.78, 5) is 27.6. The van der Waals surface area contributed by atoms with Crippen LogP contribution in [-0.2, 0) is 26.2 Å². The number of benzene rings is 3. The highest BCUT2D eigenvalue weighted by Crippen LogP contribution is 2.32. The van der Waals surface area contributed by atoms with Crippen molar-refractivity contribution in [3.63, 3.8) is 0 Å². The van der Waals surface area contributed by atoms with Gasteiger partial charge >= 0.3 is 0 Å². The third-order valence-electron chi connectivity index (χ3n) is 6.05. The van der Waals surface area contributed by atoms with Crippen LogP contribution in [0, 0.1) is 5.82 Å². The number of carbonyl (C=O) groups excluding carboxylic acids is 2. The van der Waals surface area contributed by atoms with E-state index in [-0.39, 0.29) is 28.8 Å². The molecule has 0 aliphatic heterocycles. The highest BCUT2D eigenvalue weighted by molar-refractivity contribution is 7.92. The first-order valence-electron chi connectivity index (χ1n) is 12.2. The zero-order valence-electron chi connectivity index (χ0n) is 22.3. The molecule has 0 bridgehead atoms. The highest BCUT2D eigenvalue weighted by atomic mass is 32.2. The average Bonchev–Trinajstić information content (AvgIpc) is 2.94. The molecule has 1 atom stereocenters. The van der Waals surface area contributed by atoms with E-state index in [1.807, 2.05) is 18.2 Å². The van der Waals surface area contributed by atoms with Crippen LogP contribution in [0.3, 0.4) is 0 Å². The second-order valence-electron chi connectivity index (χ2n) is 8.58. The summed E-state index contributed by atoms with van der Waals surface area (Å²) in [5, 5.41) is 2.71. The second kappa shape index (κ2) is 13.1. The predicted octanol–water partition coefficient (Wildman–Crippen LogP) is 3.59. The number of hydrogen-bond donors (Lipinski definition) is 1. The van der Waals surface area contributed by atoms with Gasteiger partial charge < -0.3 is 19.7 Å². The van der Waals surface area contributed by atoms with Crippen molar-refractivity contribution in [2.24, 2.45) is 0 Å². The lowest BCUT2D eigenvalue weighted by molar-refractivity contribution is -0.139. The molecule has 0 aliphatic carbocycles. The van der Waals surface area contributed by atoms with Gasteiger partial charge in [-0.25, -0.2) is 12.8 Å². The van der Waals surface area contributed by atoms with Crippen molar-refractivity contribution in [3.05, 3.63) is 84.2 Å². The summed E-state index contributed by atoms with van der Waals surface area (Å²) in [6.45, 7) is 3.15. The Hall–Kier alpha value is -4.12. The first-order chi connectivity index (χ1) is 18.6. The van der Waals surface area contributed by atoms with E-state index in [0.29, 0.717) is 12.3 Å². The molecule has 0 heterocycles. The molecular weight excluding hydrogens is 525 g/mol. The third kappa shape index (κ3) is 7.05. The molecule has 3 rings (SSSR count). The Balaban J connectivity index is 2.05.